The van der Waals surface area contributed by atoms with Crippen LogP contribution in [0.25, 0.3) is 11.1 Å². The summed E-state index contributed by atoms with van der Waals surface area (Å²) in [6, 6.07) is 22.1. The fraction of sp³-hybridized carbons (Fsp3) is 0.538. The third-order valence-electron chi connectivity index (χ3n) is 5.38. The number of hydrogen-bond donors (Lipinski definition) is 0. The first-order valence-corrected chi connectivity index (χ1v) is 14.6. The topological polar surface area (TPSA) is 0 Å². The van der Waals surface area contributed by atoms with Gasteiger partial charge < -0.3 is 0 Å². The van der Waals surface area contributed by atoms with Gasteiger partial charge in [-0.15, -0.1) is 12.1 Å². The van der Waals surface area contributed by atoms with Crippen LogP contribution in [0.1, 0.15) is 55.4 Å². The summed E-state index contributed by atoms with van der Waals surface area (Å²) in [7, 11) is -0.229. The molecule has 164 valence electrons. The van der Waals surface area contributed by atoms with E-state index in [1.54, 1.807) is 12.3 Å². The van der Waals surface area contributed by atoms with Crippen molar-refractivity contribution in [3.63, 3.8) is 0 Å². The molecule has 0 saturated carbocycles. The summed E-state index contributed by atoms with van der Waals surface area (Å²) in [6.07, 6.45) is 3.12. The van der Waals surface area contributed by atoms with Gasteiger partial charge in [-0.25, -0.2) is 11.1 Å². The Morgan fingerprint density at radius 1 is 0.586 bits per heavy atom. The molecule has 0 spiro atoms. The minimum atomic E-state index is -0.114. The molecule has 2 aromatic rings. The van der Waals surface area contributed by atoms with E-state index in [0.717, 1.165) is 33.8 Å². The fourth-order valence-electron chi connectivity index (χ4n) is 3.90. The predicted molar refractivity (Wildman–Crippen MR) is 136 cm³/mol. The van der Waals surface area contributed by atoms with Gasteiger partial charge in [-0.1, -0.05) is 0 Å². The molecule has 0 radical (unpaired) electrons. The van der Waals surface area contributed by atoms with Crippen LogP contribution in [-0.2, 0) is 16.5 Å². The molecule has 0 bridgehead atoms. The zero-order valence-corrected chi connectivity index (χ0v) is 22.6. The maximum Gasteiger partial charge on any atom is 2.00 e. The van der Waals surface area contributed by atoms with E-state index in [1.807, 2.05) is 48.5 Å². The van der Waals surface area contributed by atoms with E-state index >= 15 is 0 Å². The third-order valence-corrected chi connectivity index (χ3v) is 13.5. The van der Waals surface area contributed by atoms with Gasteiger partial charge in [0.25, 0.3) is 0 Å². The maximum absolute atomic E-state index is 3.15. The summed E-state index contributed by atoms with van der Waals surface area (Å²) in [5, 5.41) is 0. The largest absolute Gasteiger partial charge is 2.00 e. The van der Waals surface area contributed by atoms with Gasteiger partial charge in [0.2, 0.25) is 0 Å². The Hall–Kier alpha value is -0.206. The van der Waals surface area contributed by atoms with Crippen molar-refractivity contribution in [1.82, 2.24) is 0 Å². The van der Waals surface area contributed by atoms with Crippen LogP contribution < -0.4 is 0 Å². The number of rotatable bonds is 8. The third kappa shape index (κ3) is 11.1. The Bertz CT molecular complexity index is 550. The van der Waals surface area contributed by atoms with Gasteiger partial charge in [-0.2, -0.15) is 48.5 Å². The zero-order chi connectivity index (χ0) is 21.1. The normalized spacial score (nSPS) is 11.2. The molecule has 0 aromatic heterocycles. The van der Waals surface area contributed by atoms with Crippen molar-refractivity contribution in [2.75, 3.05) is 12.3 Å². The van der Waals surface area contributed by atoms with E-state index in [9.17, 15) is 0 Å². The van der Waals surface area contributed by atoms with Gasteiger partial charge >= 0.3 is 16.5 Å². The molecule has 3 heteroatoms. The molecular formula is C26H42NiP2+2. The minimum absolute atomic E-state index is 0. The molecule has 2 aromatic carbocycles. The van der Waals surface area contributed by atoms with Crippen LogP contribution in [0.4, 0.5) is 0 Å². The van der Waals surface area contributed by atoms with Crippen molar-refractivity contribution in [3.8, 4) is 11.1 Å². The molecule has 29 heavy (non-hydrogen) atoms. The zero-order valence-electron chi connectivity index (χ0n) is 19.7. The maximum atomic E-state index is 3.15. The standard InChI is InChI=1S/C14H32P2.C12H8.Ni/c1-11(2)15(12(3)4)9-10-16(13(5)6)14(7)8;1-3-7-11(8-4-1)12-9-5-2-6-10-12;/h11-14H,9-10H2,1-8H3;1-7,9H;/q;-2;+2/p+2. The van der Waals surface area contributed by atoms with Crippen LogP contribution in [0.5, 0.6) is 0 Å². The molecule has 0 aliphatic carbocycles. The van der Waals surface area contributed by atoms with Crippen molar-refractivity contribution in [1.29, 1.82) is 0 Å². The summed E-state index contributed by atoms with van der Waals surface area (Å²) in [6.45, 7) is 19.5. The number of hydrogen-bond acceptors (Lipinski definition) is 0. The Morgan fingerprint density at radius 3 is 1.10 bits per heavy atom. The summed E-state index contributed by atoms with van der Waals surface area (Å²) >= 11 is 0. The van der Waals surface area contributed by atoms with Crippen LogP contribution in [0.15, 0.2) is 48.5 Å². The number of benzene rings is 2. The van der Waals surface area contributed by atoms with E-state index in [0.29, 0.717) is 0 Å². The summed E-state index contributed by atoms with van der Waals surface area (Å²) in [5.41, 5.74) is 6.00. The summed E-state index contributed by atoms with van der Waals surface area (Å²) in [4.78, 5) is 0. The van der Waals surface area contributed by atoms with Gasteiger partial charge in [0.1, 0.15) is 0 Å². The molecule has 0 fully saturated rings. The molecule has 0 nitrogen and oxygen atoms in total. The Labute approximate surface area is 194 Å². The Morgan fingerprint density at radius 2 is 0.897 bits per heavy atom. The van der Waals surface area contributed by atoms with Gasteiger partial charge in [-0.3, -0.25) is 0 Å². The summed E-state index contributed by atoms with van der Waals surface area (Å²) < 4.78 is 0. The van der Waals surface area contributed by atoms with Crippen molar-refractivity contribution in [2.45, 2.75) is 78.0 Å². The van der Waals surface area contributed by atoms with Crippen LogP contribution in [-0.4, -0.2) is 35.0 Å². The minimum Gasteiger partial charge on any atom is -0.226 e. The first-order valence-electron chi connectivity index (χ1n) is 10.9. The van der Waals surface area contributed by atoms with Crippen molar-refractivity contribution < 1.29 is 16.5 Å². The molecular weight excluding hydrogens is 433 g/mol. The second-order valence-corrected chi connectivity index (χ2v) is 16.7. The quantitative estimate of drug-likeness (QED) is 0.206. The molecule has 0 amide bonds. The van der Waals surface area contributed by atoms with Crippen LogP contribution in [0.2, 0.25) is 0 Å². The van der Waals surface area contributed by atoms with Crippen LogP contribution in [0, 0.1) is 12.1 Å². The van der Waals surface area contributed by atoms with E-state index < -0.39 is 0 Å². The molecule has 0 unspecified atom stereocenters. The average Bonchev–Trinajstić information content (AvgIpc) is 2.66. The van der Waals surface area contributed by atoms with Crippen molar-refractivity contribution >= 4 is 15.8 Å². The molecule has 0 heterocycles. The monoisotopic (exact) mass is 474 g/mol. The fourth-order valence-corrected chi connectivity index (χ4v) is 11.2. The molecule has 2 rings (SSSR count). The molecule has 0 aliphatic heterocycles. The SMILES string of the molecule is CC(C)[PH+](CC[PH+](C(C)C)C(C)C)C(C)C.[Ni+2].[c-]1ccccc1-c1[c-]cccc1. The second kappa shape index (κ2) is 15.6. The average molecular weight is 475 g/mol. The summed E-state index contributed by atoms with van der Waals surface area (Å²) in [5.74, 6) is 0. The smallest absolute Gasteiger partial charge is 0.226 e. The molecule has 0 atom stereocenters. The first-order chi connectivity index (χ1) is 13.2. The van der Waals surface area contributed by atoms with Crippen LogP contribution >= 0.6 is 15.8 Å². The molecule has 0 N–H and O–H groups in total. The molecule has 0 aliphatic rings. The van der Waals surface area contributed by atoms with Crippen LogP contribution in [0.3, 0.4) is 0 Å². The van der Waals surface area contributed by atoms with Gasteiger partial charge in [-0.05, 0) is 55.4 Å². The Balaban J connectivity index is 0.000000537. The van der Waals surface area contributed by atoms with Gasteiger partial charge in [0.15, 0.2) is 0 Å². The predicted octanol–water partition coefficient (Wildman–Crippen LogP) is 8.00. The molecule has 0 saturated heterocycles. The van der Waals surface area contributed by atoms with E-state index in [2.05, 4.69) is 67.5 Å². The van der Waals surface area contributed by atoms with E-state index in [-0.39, 0.29) is 32.3 Å². The first kappa shape index (κ1) is 28.8. The van der Waals surface area contributed by atoms with Crippen molar-refractivity contribution in [3.05, 3.63) is 60.7 Å². The van der Waals surface area contributed by atoms with Crippen molar-refractivity contribution in [2.24, 2.45) is 0 Å². The van der Waals surface area contributed by atoms with Gasteiger partial charge in [0, 0.05) is 15.8 Å². The van der Waals surface area contributed by atoms with E-state index in [1.165, 1.54) is 0 Å². The second-order valence-electron chi connectivity index (χ2n) is 8.82. The Kier molecular flexibility index (Phi) is 15.5. The van der Waals surface area contributed by atoms with Gasteiger partial charge in [0.05, 0.1) is 35.0 Å². The van der Waals surface area contributed by atoms with E-state index in [4.69, 9.17) is 0 Å².